The Hall–Kier alpha value is -4.28. The van der Waals surface area contributed by atoms with E-state index in [-0.39, 0.29) is 12.8 Å². The summed E-state index contributed by atoms with van der Waals surface area (Å²) < 4.78 is 11.5. The molecule has 0 radical (unpaired) electrons. The molecule has 3 aromatic rings. The van der Waals surface area contributed by atoms with Gasteiger partial charge in [-0.05, 0) is 24.3 Å². The van der Waals surface area contributed by atoms with Crippen molar-refractivity contribution in [3.63, 3.8) is 0 Å². The molecule has 0 heterocycles. The van der Waals surface area contributed by atoms with E-state index in [2.05, 4.69) is 11.8 Å². The van der Waals surface area contributed by atoms with Crippen LogP contribution in [0, 0.1) is 24.7 Å². The molecule has 0 aliphatic carbocycles. The molecule has 3 aromatic carbocycles. The summed E-state index contributed by atoms with van der Waals surface area (Å²) in [4.78, 5) is 25.3. The summed E-state index contributed by atoms with van der Waals surface area (Å²) >= 11 is 0. The Morgan fingerprint density at radius 3 is 1.31 bits per heavy atom. The van der Waals surface area contributed by atoms with Crippen LogP contribution < -0.4 is 0 Å². The van der Waals surface area contributed by atoms with Gasteiger partial charge in [0, 0.05) is 11.1 Å². The maximum Gasteiger partial charge on any atom is 0.338 e. The molecule has 4 nitrogen and oxygen atoms in total. The van der Waals surface area contributed by atoms with E-state index in [0.717, 1.165) is 0 Å². The number of carbonyl (C=O) groups excluding carboxylic acids is 2. The number of terminal acetylenes is 2. The molecule has 0 saturated carbocycles. The van der Waals surface area contributed by atoms with E-state index in [1.54, 1.807) is 60.7 Å². The highest BCUT2D eigenvalue weighted by molar-refractivity contribution is 5.90. The minimum atomic E-state index is -0.723. The van der Waals surface area contributed by atoms with Gasteiger partial charge in [0.05, 0.1) is 24.0 Å². The lowest BCUT2D eigenvalue weighted by Crippen LogP contribution is -2.17. The van der Waals surface area contributed by atoms with Gasteiger partial charge in [-0.25, -0.2) is 9.59 Å². The maximum atomic E-state index is 12.7. The normalized spacial score (nSPS) is 11.9. The zero-order chi connectivity index (χ0) is 22.8. The molecule has 158 valence electrons. The predicted octanol–water partition coefficient (Wildman–Crippen LogP) is 5.53. The third-order valence-electron chi connectivity index (χ3n) is 4.81. The first-order chi connectivity index (χ1) is 15.6. The lowest BCUT2D eigenvalue weighted by atomic mass is 9.95. The van der Waals surface area contributed by atoms with Crippen molar-refractivity contribution in [3.8, 4) is 24.7 Å². The molecule has 0 N–H and O–H groups in total. The fourth-order valence-corrected chi connectivity index (χ4v) is 3.28. The number of ether oxygens (including phenoxy) is 2. The first-order valence-corrected chi connectivity index (χ1v) is 10.1. The summed E-state index contributed by atoms with van der Waals surface area (Å²) in [6.45, 7) is 0. The molecule has 0 saturated heterocycles. The van der Waals surface area contributed by atoms with Gasteiger partial charge >= 0.3 is 11.9 Å². The number of hydrogen-bond acceptors (Lipinski definition) is 4. The quantitative estimate of drug-likeness (QED) is 0.354. The van der Waals surface area contributed by atoms with Gasteiger partial charge in [-0.1, -0.05) is 60.7 Å². The monoisotopic (exact) mass is 422 g/mol. The molecule has 2 atom stereocenters. The average molecular weight is 422 g/mol. The van der Waals surface area contributed by atoms with Crippen LogP contribution in [-0.4, -0.2) is 11.9 Å². The van der Waals surface area contributed by atoms with E-state index in [1.165, 1.54) is 0 Å². The molecule has 0 unspecified atom stereocenters. The van der Waals surface area contributed by atoms with Crippen LogP contribution in [-0.2, 0) is 9.47 Å². The number of carbonyl (C=O) groups is 2. The van der Waals surface area contributed by atoms with Crippen LogP contribution in [0.3, 0.4) is 0 Å². The van der Waals surface area contributed by atoms with E-state index < -0.39 is 24.1 Å². The summed E-state index contributed by atoms with van der Waals surface area (Å²) in [5.74, 6) is 4.14. The first-order valence-electron chi connectivity index (χ1n) is 10.1. The zero-order valence-corrected chi connectivity index (χ0v) is 17.4. The number of benzene rings is 3. The molecule has 0 aliphatic heterocycles. The Labute approximate surface area is 188 Å². The van der Waals surface area contributed by atoms with Gasteiger partial charge in [-0.3, -0.25) is 0 Å². The van der Waals surface area contributed by atoms with Crippen LogP contribution >= 0.6 is 0 Å². The lowest BCUT2D eigenvalue weighted by Gasteiger charge is -2.24. The molecule has 0 amide bonds. The van der Waals surface area contributed by atoms with Crippen molar-refractivity contribution in [2.75, 3.05) is 0 Å². The van der Waals surface area contributed by atoms with Gasteiger partial charge in [0.15, 0.2) is 0 Å². The van der Waals surface area contributed by atoms with Crippen LogP contribution in [0.5, 0.6) is 0 Å². The van der Waals surface area contributed by atoms with Gasteiger partial charge in [0.2, 0.25) is 0 Å². The SMILES string of the molecule is C#CC[C@@H](OC(=O)c1ccccc1)c1ccccc1[C@@H](CC#C)OC(=O)c1ccccc1. The van der Waals surface area contributed by atoms with Crippen molar-refractivity contribution >= 4 is 11.9 Å². The summed E-state index contributed by atoms with van der Waals surface area (Å²) in [7, 11) is 0. The van der Waals surface area contributed by atoms with Crippen LogP contribution in [0.4, 0.5) is 0 Å². The lowest BCUT2D eigenvalue weighted by molar-refractivity contribution is 0.0243. The smallest absolute Gasteiger partial charge is 0.338 e. The highest BCUT2D eigenvalue weighted by Gasteiger charge is 2.26. The predicted molar refractivity (Wildman–Crippen MR) is 123 cm³/mol. The Balaban J connectivity index is 1.91. The van der Waals surface area contributed by atoms with Crippen LogP contribution in [0.25, 0.3) is 0 Å². The summed E-state index contributed by atoms with van der Waals surface area (Å²) in [6, 6.07) is 24.6. The van der Waals surface area contributed by atoms with Crippen molar-refractivity contribution in [1.29, 1.82) is 0 Å². The summed E-state index contributed by atoms with van der Waals surface area (Å²) in [5.41, 5.74) is 2.14. The fraction of sp³-hybridized carbons (Fsp3) is 0.143. The van der Waals surface area contributed by atoms with Crippen molar-refractivity contribution in [2.24, 2.45) is 0 Å². The van der Waals surface area contributed by atoms with Gasteiger partial charge in [0.25, 0.3) is 0 Å². The fourth-order valence-electron chi connectivity index (χ4n) is 3.28. The molecule has 0 spiro atoms. The topological polar surface area (TPSA) is 52.6 Å². The summed E-state index contributed by atoms with van der Waals surface area (Å²) in [6.07, 6.45) is 10.00. The average Bonchev–Trinajstić information content (AvgIpc) is 2.84. The standard InChI is InChI=1S/C28H22O4/c1-3-13-25(31-27(29)21-15-7-5-8-16-21)23-19-11-12-20-24(23)26(14-4-2)32-28(30)22-17-9-6-10-18-22/h1-2,5-12,15-20,25-26H,13-14H2/t25-,26-/m1/s1. The van der Waals surface area contributed by atoms with Crippen molar-refractivity contribution < 1.29 is 19.1 Å². The van der Waals surface area contributed by atoms with Gasteiger partial charge < -0.3 is 9.47 Å². The van der Waals surface area contributed by atoms with E-state index >= 15 is 0 Å². The number of hydrogen-bond donors (Lipinski definition) is 0. The van der Waals surface area contributed by atoms with Crippen molar-refractivity contribution in [1.82, 2.24) is 0 Å². The van der Waals surface area contributed by atoms with Gasteiger partial charge in [0.1, 0.15) is 12.2 Å². The molecule has 3 rings (SSSR count). The first kappa shape index (κ1) is 22.4. The second kappa shape index (κ2) is 11.2. The maximum absolute atomic E-state index is 12.7. The van der Waals surface area contributed by atoms with Crippen molar-refractivity contribution in [3.05, 3.63) is 107 Å². The molecule has 32 heavy (non-hydrogen) atoms. The van der Waals surface area contributed by atoms with Crippen LogP contribution in [0.1, 0.15) is 56.9 Å². The second-order valence-electron chi connectivity index (χ2n) is 6.97. The van der Waals surface area contributed by atoms with E-state index in [1.807, 2.05) is 24.3 Å². The second-order valence-corrected chi connectivity index (χ2v) is 6.97. The van der Waals surface area contributed by atoms with E-state index in [9.17, 15) is 9.59 Å². The number of rotatable bonds is 8. The molecule has 0 aliphatic rings. The zero-order valence-electron chi connectivity index (χ0n) is 17.4. The molecular weight excluding hydrogens is 400 g/mol. The summed E-state index contributed by atoms with van der Waals surface area (Å²) in [5, 5.41) is 0. The third-order valence-corrected chi connectivity index (χ3v) is 4.81. The van der Waals surface area contributed by atoms with Crippen LogP contribution in [0.15, 0.2) is 84.9 Å². The van der Waals surface area contributed by atoms with Crippen molar-refractivity contribution in [2.45, 2.75) is 25.0 Å². The largest absolute Gasteiger partial charge is 0.453 e. The molecule has 0 aromatic heterocycles. The molecular formula is C28H22O4. The van der Waals surface area contributed by atoms with Gasteiger partial charge in [-0.2, -0.15) is 0 Å². The Morgan fingerprint density at radius 2 is 0.969 bits per heavy atom. The molecule has 0 bridgehead atoms. The third kappa shape index (κ3) is 5.65. The van der Waals surface area contributed by atoms with E-state index in [4.69, 9.17) is 22.3 Å². The van der Waals surface area contributed by atoms with Crippen LogP contribution in [0.2, 0.25) is 0 Å². The number of esters is 2. The highest BCUT2D eigenvalue weighted by Crippen LogP contribution is 2.33. The minimum absolute atomic E-state index is 0.158. The van der Waals surface area contributed by atoms with E-state index in [0.29, 0.717) is 22.3 Å². The molecule has 0 fully saturated rings. The Morgan fingerprint density at radius 1 is 0.625 bits per heavy atom. The highest BCUT2D eigenvalue weighted by atomic mass is 16.5. The molecule has 4 heteroatoms. The Bertz CT molecular complexity index is 1040. The minimum Gasteiger partial charge on any atom is -0.453 e. The Kier molecular flexibility index (Phi) is 7.84. The van der Waals surface area contributed by atoms with Gasteiger partial charge in [-0.15, -0.1) is 24.7 Å².